The van der Waals surface area contributed by atoms with E-state index in [2.05, 4.69) is 15.3 Å². The minimum absolute atomic E-state index is 0. The monoisotopic (exact) mass is 341 g/mol. The average molecular weight is 342 g/mol. The van der Waals surface area contributed by atoms with Gasteiger partial charge in [-0.15, -0.1) is 24.8 Å². The molecule has 2 aromatic rings. The molecule has 8 heteroatoms. The molecule has 1 aliphatic rings. The van der Waals surface area contributed by atoms with Crippen LogP contribution >= 0.6 is 24.8 Å². The Hall–Kier alpha value is -0.980. The Morgan fingerprint density at radius 1 is 1.10 bits per heavy atom. The Bertz CT molecular complexity index is 592. The Kier molecular flexibility index (Phi) is 5.90. The number of hydrogen-bond acceptors (Lipinski definition) is 2. The Morgan fingerprint density at radius 3 is 2.38 bits per heavy atom. The molecule has 2 N–H and O–H groups in total. The molecule has 118 valence electrons. The number of nitrogens with one attached hydrogen (secondary N) is 2. The van der Waals surface area contributed by atoms with Gasteiger partial charge in [0.25, 0.3) is 0 Å². The van der Waals surface area contributed by atoms with Gasteiger partial charge in [0.05, 0.1) is 5.56 Å². The maximum absolute atomic E-state index is 12.6. The molecule has 0 radical (unpaired) electrons. The summed E-state index contributed by atoms with van der Waals surface area (Å²) >= 11 is 0. The normalized spacial score (nSPS) is 16.3. The number of fused-ring (bicyclic) bond motifs is 1. The molecule has 3 nitrogen and oxygen atoms in total. The molecule has 0 aliphatic carbocycles. The molecule has 21 heavy (non-hydrogen) atoms. The zero-order valence-corrected chi connectivity index (χ0v) is 12.7. The summed E-state index contributed by atoms with van der Waals surface area (Å²) in [5.41, 5.74) is 0.820. The van der Waals surface area contributed by atoms with Crippen molar-refractivity contribution in [3.05, 3.63) is 29.6 Å². The van der Waals surface area contributed by atoms with Crippen molar-refractivity contribution in [3.63, 3.8) is 0 Å². The van der Waals surface area contributed by atoms with Crippen molar-refractivity contribution < 1.29 is 13.2 Å². The Morgan fingerprint density at radius 2 is 1.76 bits per heavy atom. The van der Waals surface area contributed by atoms with Gasteiger partial charge in [-0.3, -0.25) is 0 Å². The van der Waals surface area contributed by atoms with Gasteiger partial charge in [0, 0.05) is 23.2 Å². The predicted octanol–water partition coefficient (Wildman–Crippen LogP) is 3.89. The van der Waals surface area contributed by atoms with Gasteiger partial charge >= 0.3 is 6.18 Å². The summed E-state index contributed by atoms with van der Waals surface area (Å²) in [5, 5.41) is 3.80. The second-order valence-electron chi connectivity index (χ2n) is 4.91. The first-order valence-corrected chi connectivity index (χ1v) is 6.30. The van der Waals surface area contributed by atoms with Crippen LogP contribution in [0, 0.1) is 0 Å². The topological polar surface area (TPSA) is 40.7 Å². The number of aromatic amines is 1. The summed E-state index contributed by atoms with van der Waals surface area (Å²) in [7, 11) is 0. The molecule has 0 aromatic carbocycles. The third-order valence-electron chi connectivity index (χ3n) is 3.60. The van der Waals surface area contributed by atoms with Crippen LogP contribution in [-0.2, 0) is 6.18 Å². The highest BCUT2D eigenvalue weighted by Gasteiger charge is 2.31. The molecule has 0 atom stereocenters. The molecule has 0 spiro atoms. The smallest absolute Gasteiger partial charge is 0.343 e. The highest BCUT2D eigenvalue weighted by molar-refractivity contribution is 5.85. The van der Waals surface area contributed by atoms with Gasteiger partial charge in [-0.1, -0.05) is 0 Å². The van der Waals surface area contributed by atoms with Crippen LogP contribution in [0.3, 0.4) is 0 Å². The van der Waals surface area contributed by atoms with Crippen molar-refractivity contribution in [2.45, 2.75) is 24.9 Å². The third-order valence-corrected chi connectivity index (χ3v) is 3.60. The van der Waals surface area contributed by atoms with Crippen LogP contribution in [0.25, 0.3) is 11.0 Å². The van der Waals surface area contributed by atoms with E-state index in [0.717, 1.165) is 43.9 Å². The van der Waals surface area contributed by atoms with Crippen molar-refractivity contribution in [1.29, 1.82) is 0 Å². The maximum Gasteiger partial charge on any atom is 0.417 e. The van der Waals surface area contributed by atoms with Gasteiger partial charge in [0.15, 0.2) is 0 Å². The third kappa shape index (κ3) is 3.81. The number of alkyl halides is 3. The van der Waals surface area contributed by atoms with Crippen molar-refractivity contribution >= 4 is 35.8 Å². The first kappa shape index (κ1) is 18.1. The van der Waals surface area contributed by atoms with Gasteiger partial charge in [0.2, 0.25) is 0 Å². The lowest BCUT2D eigenvalue weighted by Gasteiger charge is -2.21. The van der Waals surface area contributed by atoms with Crippen molar-refractivity contribution in [3.8, 4) is 0 Å². The maximum atomic E-state index is 12.6. The number of aromatic nitrogens is 2. The summed E-state index contributed by atoms with van der Waals surface area (Å²) in [6.45, 7) is 1.89. The highest BCUT2D eigenvalue weighted by atomic mass is 35.5. The van der Waals surface area contributed by atoms with E-state index in [-0.39, 0.29) is 24.8 Å². The van der Waals surface area contributed by atoms with E-state index < -0.39 is 11.7 Å². The summed E-state index contributed by atoms with van der Waals surface area (Å²) in [6, 6.07) is 2.96. The van der Waals surface area contributed by atoms with Gasteiger partial charge in [0.1, 0.15) is 5.65 Å². The van der Waals surface area contributed by atoms with E-state index in [4.69, 9.17) is 0 Å². The molecular weight excluding hydrogens is 326 g/mol. The minimum Gasteiger partial charge on any atom is -0.343 e. The lowest BCUT2D eigenvalue weighted by atomic mass is 9.95. The summed E-state index contributed by atoms with van der Waals surface area (Å²) < 4.78 is 37.9. The van der Waals surface area contributed by atoms with Gasteiger partial charge < -0.3 is 10.3 Å². The van der Waals surface area contributed by atoms with Crippen LogP contribution < -0.4 is 5.32 Å². The molecule has 2 aromatic heterocycles. The lowest BCUT2D eigenvalue weighted by Crippen LogP contribution is -2.26. The fraction of sp³-hybridized carbons (Fsp3) is 0.462. The van der Waals surface area contributed by atoms with Crippen LogP contribution in [0.2, 0.25) is 0 Å². The first-order chi connectivity index (χ1) is 9.04. The standard InChI is InChI=1S/C13H14F3N3.2ClH/c14-13(15,16)10-5-9-6-11(19-12(9)18-7-10)8-1-3-17-4-2-8;;/h5-8,17H,1-4H2,(H,18,19);2*1H. The molecule has 1 saturated heterocycles. The number of nitrogens with zero attached hydrogens (tertiary/aromatic N) is 1. The number of pyridine rings is 1. The highest BCUT2D eigenvalue weighted by Crippen LogP contribution is 2.32. The molecule has 0 unspecified atom stereocenters. The van der Waals surface area contributed by atoms with E-state index in [1.165, 1.54) is 0 Å². The summed E-state index contributed by atoms with van der Waals surface area (Å²) in [5.74, 6) is 0.379. The van der Waals surface area contributed by atoms with E-state index in [1.54, 1.807) is 6.07 Å². The molecule has 1 aliphatic heterocycles. The number of hydrogen-bond donors (Lipinski definition) is 2. The molecule has 0 bridgehead atoms. The van der Waals surface area contributed by atoms with Crippen molar-refractivity contribution in [1.82, 2.24) is 15.3 Å². The van der Waals surface area contributed by atoms with Crippen molar-refractivity contribution in [2.24, 2.45) is 0 Å². The van der Waals surface area contributed by atoms with Crippen LogP contribution in [0.4, 0.5) is 13.2 Å². The minimum atomic E-state index is -4.34. The van der Waals surface area contributed by atoms with Crippen LogP contribution in [-0.4, -0.2) is 23.1 Å². The van der Waals surface area contributed by atoms with E-state index in [9.17, 15) is 13.2 Å². The largest absolute Gasteiger partial charge is 0.417 e. The number of piperidine rings is 1. The van der Waals surface area contributed by atoms with Gasteiger partial charge in [-0.2, -0.15) is 13.2 Å². The van der Waals surface area contributed by atoms with E-state index >= 15 is 0 Å². The van der Waals surface area contributed by atoms with E-state index in [0.29, 0.717) is 17.0 Å². The molecule has 3 rings (SSSR count). The quantitative estimate of drug-likeness (QED) is 0.825. The second-order valence-corrected chi connectivity index (χ2v) is 4.91. The first-order valence-electron chi connectivity index (χ1n) is 6.30. The second kappa shape index (κ2) is 6.85. The lowest BCUT2D eigenvalue weighted by molar-refractivity contribution is -0.137. The van der Waals surface area contributed by atoms with Crippen LogP contribution in [0.5, 0.6) is 0 Å². The Labute approximate surface area is 132 Å². The average Bonchev–Trinajstić information content (AvgIpc) is 2.81. The number of halogens is 5. The fourth-order valence-corrected chi connectivity index (χ4v) is 2.54. The number of H-pyrrole nitrogens is 1. The molecular formula is C13H16Cl2F3N3. The fourth-order valence-electron chi connectivity index (χ4n) is 2.54. The van der Waals surface area contributed by atoms with Gasteiger partial charge in [-0.05, 0) is 38.1 Å². The van der Waals surface area contributed by atoms with Gasteiger partial charge in [-0.25, -0.2) is 4.98 Å². The zero-order valence-electron chi connectivity index (χ0n) is 11.0. The predicted molar refractivity (Wildman–Crippen MR) is 80.4 cm³/mol. The van der Waals surface area contributed by atoms with Crippen molar-refractivity contribution in [2.75, 3.05) is 13.1 Å². The summed E-state index contributed by atoms with van der Waals surface area (Å²) in [4.78, 5) is 7.01. The van der Waals surface area contributed by atoms with Crippen LogP contribution in [0.15, 0.2) is 18.3 Å². The Balaban J connectivity index is 0.00000110. The molecule has 3 heterocycles. The SMILES string of the molecule is Cl.Cl.FC(F)(F)c1cnc2[nH]c(C3CCNCC3)cc2c1. The zero-order chi connectivity index (χ0) is 13.5. The number of rotatable bonds is 1. The summed E-state index contributed by atoms with van der Waals surface area (Å²) in [6.07, 6.45) is -1.46. The molecule has 0 amide bonds. The van der Waals surface area contributed by atoms with Crippen LogP contribution in [0.1, 0.15) is 30.0 Å². The molecule has 0 saturated carbocycles. The van der Waals surface area contributed by atoms with E-state index in [1.807, 2.05) is 0 Å². The molecule has 1 fully saturated rings.